The minimum atomic E-state index is -0.414. The lowest BCUT2D eigenvalue weighted by Crippen LogP contribution is -2.57. The van der Waals surface area contributed by atoms with Gasteiger partial charge in [0.05, 0.1) is 5.56 Å². The summed E-state index contributed by atoms with van der Waals surface area (Å²) >= 11 is 0. The lowest BCUT2D eigenvalue weighted by atomic mass is 9.75. The highest BCUT2D eigenvalue weighted by Crippen LogP contribution is 2.48. The average Bonchev–Trinajstić information content (AvgIpc) is 3.58. The highest BCUT2D eigenvalue weighted by atomic mass is 16.6. The molecule has 4 aliphatic rings. The van der Waals surface area contributed by atoms with Crippen molar-refractivity contribution < 1.29 is 19.0 Å². The third kappa shape index (κ3) is 6.46. The molecule has 3 atom stereocenters. The number of nitrogens with zero attached hydrogens (tertiary/aromatic N) is 6. The lowest BCUT2D eigenvalue weighted by Gasteiger charge is -2.44. The van der Waals surface area contributed by atoms with Crippen molar-refractivity contribution in [3.63, 3.8) is 0 Å². The van der Waals surface area contributed by atoms with Gasteiger partial charge >= 0.3 is 12.1 Å². The van der Waals surface area contributed by atoms with Crippen LogP contribution < -0.4 is 14.4 Å². The molecule has 4 heterocycles. The molecule has 3 aliphatic heterocycles. The number of fused-ring (bicyclic) bond motifs is 3. The zero-order chi connectivity index (χ0) is 32.2. The molecule has 0 saturated carbocycles. The largest absolute Gasteiger partial charge is 0.466 e. The number of amides is 1. The van der Waals surface area contributed by atoms with Gasteiger partial charge in [0.1, 0.15) is 30.7 Å². The number of carbonyl (C=O) groups is 1. The number of aromatic nitrogens is 2. The molecule has 10 heteroatoms. The zero-order valence-electron chi connectivity index (χ0n) is 27.3. The number of piperazine rings is 1. The summed E-state index contributed by atoms with van der Waals surface area (Å²) < 4.78 is 19.0. The molecule has 0 bridgehead atoms. The van der Waals surface area contributed by atoms with E-state index in [4.69, 9.17) is 30.8 Å². The molecule has 7 rings (SSSR count). The molecule has 1 amide bonds. The topological polar surface area (TPSA) is 84.6 Å². The Labute approximate surface area is 277 Å². The Bertz CT molecular complexity index is 1610. The molecule has 2 aromatic carbocycles. The van der Waals surface area contributed by atoms with Gasteiger partial charge in [0.15, 0.2) is 0 Å². The van der Waals surface area contributed by atoms with E-state index in [9.17, 15) is 4.79 Å². The number of likely N-dealkylation sites (N-methyl/N-ethyl adjacent to an activating group) is 1. The molecule has 1 aliphatic carbocycles. The third-order valence-electron chi connectivity index (χ3n) is 10.4. The van der Waals surface area contributed by atoms with E-state index >= 15 is 0 Å². The minimum Gasteiger partial charge on any atom is -0.466 e. The number of benzene rings is 2. The number of anilines is 1. The first-order chi connectivity index (χ1) is 23.1. The van der Waals surface area contributed by atoms with E-state index in [1.807, 2.05) is 30.3 Å². The molecule has 1 aromatic heterocycles. The normalized spacial score (nSPS) is 23.8. The number of hydrogen-bond donors (Lipinski definition) is 0. The van der Waals surface area contributed by atoms with Gasteiger partial charge in [-0.3, -0.25) is 9.80 Å². The van der Waals surface area contributed by atoms with E-state index in [0.717, 1.165) is 68.6 Å². The summed E-state index contributed by atoms with van der Waals surface area (Å²) in [6.07, 6.45) is 6.58. The molecular formula is C37H44N6O4. The summed E-state index contributed by atoms with van der Waals surface area (Å²) in [6.45, 7) is 14.3. The van der Waals surface area contributed by atoms with Crippen LogP contribution in [0, 0.1) is 6.57 Å². The Balaban J connectivity index is 1.15. The lowest BCUT2D eigenvalue weighted by molar-refractivity contribution is 0.0189. The van der Waals surface area contributed by atoms with Crippen molar-refractivity contribution >= 4 is 11.9 Å². The van der Waals surface area contributed by atoms with Gasteiger partial charge in [0, 0.05) is 25.7 Å². The van der Waals surface area contributed by atoms with Crippen LogP contribution in [0.3, 0.4) is 0 Å². The van der Waals surface area contributed by atoms with Crippen molar-refractivity contribution in [2.75, 3.05) is 50.8 Å². The summed E-state index contributed by atoms with van der Waals surface area (Å²) in [7, 11) is 0. The minimum absolute atomic E-state index is 0.179. The highest BCUT2D eigenvalue weighted by Gasteiger charge is 2.44. The first-order valence-electron chi connectivity index (χ1n) is 17.2. The van der Waals surface area contributed by atoms with Crippen LogP contribution in [0.4, 0.5) is 10.6 Å². The number of ether oxygens (including phenoxy) is 3. The van der Waals surface area contributed by atoms with Gasteiger partial charge in [-0.05, 0) is 74.7 Å². The van der Waals surface area contributed by atoms with Crippen molar-refractivity contribution in [3.8, 4) is 11.9 Å². The number of rotatable bonds is 8. The van der Waals surface area contributed by atoms with Crippen LogP contribution in [0.15, 0.2) is 54.6 Å². The maximum atomic E-state index is 13.2. The summed E-state index contributed by atoms with van der Waals surface area (Å²) in [5.74, 6) is 1.38. The number of hydrogen-bond acceptors (Lipinski definition) is 8. The SMILES string of the molecule is [C-]#[N+]C[C@H]1CN(c2nc(OC[C@@H]3CCCN3CC)nc3c2CCC2(CCCc4ccccc42)O3)CCN1C(=O)OCc1ccccc1. The van der Waals surface area contributed by atoms with Crippen molar-refractivity contribution in [2.24, 2.45) is 0 Å². The zero-order valence-corrected chi connectivity index (χ0v) is 27.3. The molecule has 2 fully saturated rings. The molecule has 0 radical (unpaired) electrons. The standard InChI is InChI=1S/C37H44N6O4/c1-3-41-20-10-15-29(41)26-45-35-39-33(31-17-19-37(47-34(31)40-35)18-9-14-28-13-7-8-16-32(28)37)42-21-22-43(30(24-42)23-38-2)36(44)46-25-27-11-5-4-6-12-27/h4-8,11-13,16,29-30H,3,9-10,14-15,17-26H2,1H3/t29-,30-,37?/m0/s1. The van der Waals surface area contributed by atoms with E-state index < -0.39 is 11.7 Å². The Morgan fingerprint density at radius 1 is 1.02 bits per heavy atom. The van der Waals surface area contributed by atoms with Crippen LogP contribution in [0.5, 0.6) is 11.9 Å². The Hall–Kier alpha value is -4.36. The Morgan fingerprint density at radius 3 is 2.72 bits per heavy atom. The molecule has 2 saturated heterocycles. The Kier molecular flexibility index (Phi) is 9.16. The second-order valence-corrected chi connectivity index (χ2v) is 13.1. The molecule has 3 aromatic rings. The van der Waals surface area contributed by atoms with E-state index in [1.54, 1.807) is 4.90 Å². The van der Waals surface area contributed by atoms with Gasteiger partial charge < -0.3 is 24.0 Å². The van der Waals surface area contributed by atoms with E-state index in [1.165, 1.54) is 17.5 Å². The Morgan fingerprint density at radius 2 is 1.87 bits per heavy atom. The third-order valence-corrected chi connectivity index (χ3v) is 10.4. The fourth-order valence-corrected chi connectivity index (χ4v) is 7.90. The molecular weight excluding hydrogens is 592 g/mol. The van der Waals surface area contributed by atoms with Crippen LogP contribution in [0.1, 0.15) is 61.3 Å². The van der Waals surface area contributed by atoms with Crippen molar-refractivity contribution in [3.05, 3.63) is 88.3 Å². The average molecular weight is 637 g/mol. The predicted molar refractivity (Wildman–Crippen MR) is 179 cm³/mol. The van der Waals surface area contributed by atoms with E-state index in [-0.39, 0.29) is 19.2 Å². The smallest absolute Gasteiger partial charge is 0.410 e. The molecule has 0 N–H and O–H groups in total. The number of likely N-dealkylation sites (tertiary alicyclic amines) is 1. The van der Waals surface area contributed by atoms with Crippen LogP contribution >= 0.6 is 0 Å². The molecule has 1 spiro atoms. The quantitative estimate of drug-likeness (QED) is 0.294. The second kappa shape index (κ2) is 13.8. The van der Waals surface area contributed by atoms with Crippen molar-refractivity contribution in [1.29, 1.82) is 0 Å². The summed E-state index contributed by atoms with van der Waals surface area (Å²) in [6, 6.07) is 18.6. The first kappa shape index (κ1) is 31.3. The second-order valence-electron chi connectivity index (χ2n) is 13.1. The molecule has 47 heavy (non-hydrogen) atoms. The number of aryl methyl sites for hydroxylation is 1. The molecule has 1 unspecified atom stereocenters. The van der Waals surface area contributed by atoms with Gasteiger partial charge in [0.25, 0.3) is 0 Å². The maximum Gasteiger partial charge on any atom is 0.410 e. The van der Waals surface area contributed by atoms with Gasteiger partial charge in [-0.1, -0.05) is 61.5 Å². The van der Waals surface area contributed by atoms with Crippen molar-refractivity contribution in [2.45, 2.75) is 76.2 Å². The van der Waals surface area contributed by atoms with Crippen LogP contribution in [-0.2, 0) is 29.8 Å². The number of carbonyl (C=O) groups excluding carboxylic acids is 1. The van der Waals surface area contributed by atoms with Gasteiger partial charge in [-0.15, -0.1) is 0 Å². The van der Waals surface area contributed by atoms with Crippen LogP contribution in [0.25, 0.3) is 4.85 Å². The van der Waals surface area contributed by atoms with Gasteiger partial charge in [-0.2, -0.15) is 9.97 Å². The van der Waals surface area contributed by atoms with Gasteiger partial charge in [0.2, 0.25) is 12.4 Å². The highest BCUT2D eigenvalue weighted by molar-refractivity contribution is 5.69. The van der Waals surface area contributed by atoms with Crippen LogP contribution in [-0.4, -0.2) is 83.8 Å². The fraction of sp³-hybridized carbons (Fsp3) is 0.514. The summed E-state index contributed by atoms with van der Waals surface area (Å²) in [5, 5.41) is 0. The molecule has 10 nitrogen and oxygen atoms in total. The fourth-order valence-electron chi connectivity index (χ4n) is 7.90. The summed E-state index contributed by atoms with van der Waals surface area (Å²) in [5.41, 5.74) is 4.11. The maximum absolute atomic E-state index is 13.2. The van der Waals surface area contributed by atoms with Gasteiger partial charge in [-0.25, -0.2) is 11.4 Å². The molecule has 246 valence electrons. The summed E-state index contributed by atoms with van der Waals surface area (Å²) in [4.78, 5) is 33.2. The monoisotopic (exact) mass is 636 g/mol. The predicted octanol–water partition coefficient (Wildman–Crippen LogP) is 5.64. The van der Waals surface area contributed by atoms with E-state index in [2.05, 4.69) is 45.8 Å². The van der Waals surface area contributed by atoms with Crippen LogP contribution in [0.2, 0.25) is 0 Å². The van der Waals surface area contributed by atoms with E-state index in [0.29, 0.717) is 44.2 Å². The first-order valence-corrected chi connectivity index (χ1v) is 17.2. The van der Waals surface area contributed by atoms with Crippen molar-refractivity contribution in [1.82, 2.24) is 19.8 Å².